The monoisotopic (exact) mass is 740 g/mol. The molecule has 2 aliphatic carbocycles. The number of urea groups is 1. The fourth-order valence-electron chi connectivity index (χ4n) is 7.11. The first-order valence-corrected chi connectivity index (χ1v) is 19.3. The Bertz CT molecular complexity index is 1700. The Hall–Kier alpha value is -4.04. The van der Waals surface area contributed by atoms with Crippen LogP contribution in [0.15, 0.2) is 54.0 Å². The van der Waals surface area contributed by atoms with Crippen LogP contribution in [0.25, 0.3) is 0 Å². The van der Waals surface area contributed by atoms with E-state index in [9.17, 15) is 32.4 Å². The molecule has 4 rings (SSSR count). The molecule has 1 unspecified atom stereocenters. The third-order valence-corrected chi connectivity index (χ3v) is 12.6. The van der Waals surface area contributed by atoms with E-state index in [2.05, 4.69) is 34.4 Å². The summed E-state index contributed by atoms with van der Waals surface area (Å²) in [6.07, 6.45) is 3.62. The number of nitrogens with zero attached hydrogens (tertiary/aromatic N) is 2. The van der Waals surface area contributed by atoms with Gasteiger partial charge in [-0.15, -0.1) is 6.58 Å². The molecule has 286 valence electrons. The first kappa shape index (κ1) is 40.7. The molecular formula is C38H56N6O7S. The highest BCUT2D eigenvalue weighted by atomic mass is 32.2. The molecule has 5 amide bonds. The predicted molar refractivity (Wildman–Crippen MR) is 198 cm³/mol. The van der Waals surface area contributed by atoms with Crippen LogP contribution in [0.4, 0.5) is 4.79 Å². The second-order valence-corrected chi connectivity index (χ2v) is 18.5. The van der Waals surface area contributed by atoms with Crippen LogP contribution in [-0.2, 0) is 29.2 Å². The van der Waals surface area contributed by atoms with Crippen LogP contribution in [0.5, 0.6) is 0 Å². The van der Waals surface area contributed by atoms with E-state index in [1.807, 2.05) is 20.8 Å². The smallest absolute Gasteiger partial charge is 0.315 e. The lowest BCUT2D eigenvalue weighted by Gasteiger charge is -2.38. The van der Waals surface area contributed by atoms with Gasteiger partial charge in [-0.1, -0.05) is 83.4 Å². The van der Waals surface area contributed by atoms with Gasteiger partial charge in [0.15, 0.2) is 0 Å². The predicted octanol–water partition coefficient (Wildman–Crippen LogP) is 2.91. The summed E-state index contributed by atoms with van der Waals surface area (Å²) >= 11 is 0. The molecule has 52 heavy (non-hydrogen) atoms. The molecule has 0 bridgehead atoms. The largest absolute Gasteiger partial charge is 0.346 e. The van der Waals surface area contributed by atoms with Crippen molar-refractivity contribution >= 4 is 39.6 Å². The van der Waals surface area contributed by atoms with Crippen molar-refractivity contribution in [3.05, 3.63) is 54.6 Å². The lowest BCUT2D eigenvalue weighted by Crippen LogP contribution is -2.62. The van der Waals surface area contributed by atoms with Gasteiger partial charge < -0.3 is 26.2 Å². The first-order chi connectivity index (χ1) is 24.1. The zero-order chi connectivity index (χ0) is 38.9. The summed E-state index contributed by atoms with van der Waals surface area (Å²) in [6.45, 7) is 20.8. The SMILES string of the molecule is C=CCNC(=O)C(=O)C(CC1CC1)NC(=O)[C@@H]1[C@@H]2[C@H](CN1C(=O)[C@@H](NC(=O)N[C@H](CN(C)S(=O)(=O)c1ccc(C)cc1)C(=C)C)C(C)(C)C)C2(C)C. The normalized spacial score (nSPS) is 22.3. The Balaban J connectivity index is 1.50. The molecule has 1 aromatic carbocycles. The Morgan fingerprint density at radius 2 is 1.65 bits per heavy atom. The number of fused-ring (bicyclic) bond motifs is 1. The van der Waals surface area contributed by atoms with Crippen molar-refractivity contribution in [2.24, 2.45) is 28.6 Å². The molecule has 3 fully saturated rings. The minimum absolute atomic E-state index is 0.0360. The Morgan fingerprint density at radius 3 is 2.19 bits per heavy atom. The standard InChI is InChI=1S/C38H56N6O7S/c1-11-18-39-34(47)31(45)27(19-24-14-15-24)40-33(46)30-29-26(38(29,8)9)20-44(30)35(48)32(37(5,6)7)42-36(49)41-28(22(2)3)21-43(10)52(50,51)25-16-12-23(4)13-17-25/h11-13,16-17,24,26-30,32H,1-2,14-15,18-21H2,3-10H3,(H,39,47)(H,40,46)(H2,41,42,49)/t26-,27?,28+,29-,30-,32+/m0/s1. The molecule has 0 spiro atoms. The summed E-state index contributed by atoms with van der Waals surface area (Å²) < 4.78 is 27.7. The van der Waals surface area contributed by atoms with E-state index < -0.39 is 69.1 Å². The van der Waals surface area contributed by atoms with Gasteiger partial charge in [-0.3, -0.25) is 19.2 Å². The molecule has 2 saturated carbocycles. The molecule has 1 aromatic rings. The molecule has 0 radical (unpaired) electrons. The van der Waals surface area contributed by atoms with Crippen LogP contribution in [0, 0.1) is 35.5 Å². The number of ketones is 1. The fourth-order valence-corrected chi connectivity index (χ4v) is 8.30. The van der Waals surface area contributed by atoms with E-state index in [0.717, 1.165) is 22.7 Å². The van der Waals surface area contributed by atoms with Crippen LogP contribution in [0.1, 0.15) is 66.4 Å². The van der Waals surface area contributed by atoms with Gasteiger partial charge in [0.1, 0.15) is 12.1 Å². The number of carbonyl (C=O) groups is 5. The van der Waals surface area contributed by atoms with Crippen LogP contribution < -0.4 is 21.3 Å². The molecule has 0 aromatic heterocycles. The van der Waals surface area contributed by atoms with Crippen molar-refractivity contribution < 1.29 is 32.4 Å². The number of hydrogen-bond donors (Lipinski definition) is 4. The number of nitrogens with one attached hydrogen (secondary N) is 4. The van der Waals surface area contributed by atoms with Crippen LogP contribution in [-0.4, -0.2) is 98.0 Å². The number of rotatable bonds is 16. The van der Waals surface area contributed by atoms with Gasteiger partial charge in [0.2, 0.25) is 27.6 Å². The fraction of sp³-hybridized carbons (Fsp3) is 0.605. The summed E-state index contributed by atoms with van der Waals surface area (Å²) in [5, 5.41) is 10.9. The molecule has 4 N–H and O–H groups in total. The summed E-state index contributed by atoms with van der Waals surface area (Å²) in [7, 11) is -2.44. The van der Waals surface area contributed by atoms with Crippen molar-refractivity contribution in [3.63, 3.8) is 0 Å². The van der Waals surface area contributed by atoms with Crippen molar-refractivity contribution in [1.82, 2.24) is 30.5 Å². The number of piperidine rings is 1. The maximum Gasteiger partial charge on any atom is 0.315 e. The van der Waals surface area contributed by atoms with E-state index in [4.69, 9.17) is 0 Å². The van der Waals surface area contributed by atoms with Gasteiger partial charge in [0.25, 0.3) is 5.91 Å². The molecule has 1 heterocycles. The highest BCUT2D eigenvalue weighted by Gasteiger charge is 2.70. The number of amides is 5. The molecule has 14 heteroatoms. The van der Waals surface area contributed by atoms with Gasteiger partial charge in [0.05, 0.1) is 17.0 Å². The maximum atomic E-state index is 14.4. The van der Waals surface area contributed by atoms with Crippen LogP contribution in [0.3, 0.4) is 0 Å². The first-order valence-electron chi connectivity index (χ1n) is 17.9. The number of benzene rings is 1. The van der Waals surface area contributed by atoms with Gasteiger partial charge in [-0.2, -0.15) is 4.31 Å². The highest BCUT2D eigenvalue weighted by Crippen LogP contribution is 2.65. The average Bonchev–Trinajstić information content (AvgIpc) is 3.91. The molecule has 1 aliphatic heterocycles. The second kappa shape index (κ2) is 15.5. The Labute approximate surface area is 308 Å². The van der Waals surface area contributed by atoms with Gasteiger partial charge in [-0.05, 0) is 61.0 Å². The van der Waals surface area contributed by atoms with Gasteiger partial charge >= 0.3 is 6.03 Å². The highest BCUT2D eigenvalue weighted by molar-refractivity contribution is 7.89. The maximum absolute atomic E-state index is 14.4. The van der Waals surface area contributed by atoms with E-state index in [1.165, 1.54) is 30.2 Å². The van der Waals surface area contributed by atoms with Crippen molar-refractivity contribution in [2.45, 2.75) is 96.8 Å². The van der Waals surface area contributed by atoms with Crippen molar-refractivity contribution in [2.75, 3.05) is 26.7 Å². The number of aryl methyl sites for hydroxylation is 1. The molecule has 13 nitrogen and oxygen atoms in total. The zero-order valence-electron chi connectivity index (χ0n) is 31.7. The van der Waals surface area contributed by atoms with E-state index in [0.29, 0.717) is 18.5 Å². The number of Topliss-reactive ketones (excluding diaryl/α,β-unsaturated/α-hetero) is 1. The zero-order valence-corrected chi connectivity index (χ0v) is 32.6. The van der Waals surface area contributed by atoms with Gasteiger partial charge in [-0.25, -0.2) is 13.2 Å². The number of hydrogen-bond acceptors (Lipinski definition) is 7. The average molecular weight is 741 g/mol. The topological polar surface area (TPSA) is 174 Å². The van der Waals surface area contributed by atoms with E-state index in [-0.39, 0.29) is 41.2 Å². The molecular weight excluding hydrogens is 685 g/mol. The summed E-state index contributed by atoms with van der Waals surface area (Å²) in [5.74, 6) is -2.40. The third kappa shape index (κ3) is 9.11. The summed E-state index contributed by atoms with van der Waals surface area (Å²) in [6, 6.07) is 1.98. The quantitative estimate of drug-likeness (QED) is 0.149. The Kier molecular flexibility index (Phi) is 12.2. The molecule has 1 saturated heterocycles. The lowest BCUT2D eigenvalue weighted by atomic mass is 9.85. The van der Waals surface area contributed by atoms with Crippen LogP contribution >= 0.6 is 0 Å². The number of likely N-dealkylation sites (N-methyl/N-ethyl adjacent to an activating group) is 1. The minimum atomic E-state index is -3.87. The molecule has 3 aliphatic rings. The number of carbonyl (C=O) groups excluding carboxylic acids is 5. The van der Waals surface area contributed by atoms with Crippen molar-refractivity contribution in [1.29, 1.82) is 0 Å². The van der Waals surface area contributed by atoms with E-state index >= 15 is 0 Å². The van der Waals surface area contributed by atoms with Gasteiger partial charge in [0, 0.05) is 26.7 Å². The minimum Gasteiger partial charge on any atom is -0.346 e. The number of likely N-dealkylation sites (tertiary alicyclic amines) is 1. The summed E-state index contributed by atoms with van der Waals surface area (Å²) in [4.78, 5) is 69.5. The Morgan fingerprint density at radius 1 is 1.04 bits per heavy atom. The van der Waals surface area contributed by atoms with Crippen LogP contribution in [0.2, 0.25) is 0 Å². The second-order valence-electron chi connectivity index (χ2n) is 16.4. The van der Waals surface area contributed by atoms with E-state index in [1.54, 1.807) is 39.8 Å². The summed E-state index contributed by atoms with van der Waals surface area (Å²) in [5.41, 5.74) is 0.404. The third-order valence-electron chi connectivity index (χ3n) is 10.7. The van der Waals surface area contributed by atoms with Crippen molar-refractivity contribution in [3.8, 4) is 0 Å². The number of sulfonamides is 1. The lowest BCUT2D eigenvalue weighted by molar-refractivity contribution is -0.145. The molecule has 6 atom stereocenters.